The summed E-state index contributed by atoms with van der Waals surface area (Å²) >= 11 is 7.10. The lowest BCUT2D eigenvalue weighted by molar-refractivity contribution is -0.137. The van der Waals surface area contributed by atoms with Crippen molar-refractivity contribution >= 4 is 46.6 Å². The van der Waals surface area contributed by atoms with Crippen LogP contribution >= 0.6 is 23.4 Å². The summed E-state index contributed by atoms with van der Waals surface area (Å²) in [6.45, 7) is 0.307. The van der Waals surface area contributed by atoms with Crippen LogP contribution in [0, 0.1) is 0 Å². The Hall–Kier alpha value is -2.43. The van der Waals surface area contributed by atoms with Gasteiger partial charge in [0.05, 0.1) is 28.8 Å². The van der Waals surface area contributed by atoms with Gasteiger partial charge in [-0.05, 0) is 36.4 Å². The number of halogens is 4. The van der Waals surface area contributed by atoms with Gasteiger partial charge in [0.15, 0.2) is 0 Å². The van der Waals surface area contributed by atoms with Crippen LogP contribution in [0.15, 0.2) is 41.3 Å². The zero-order valence-electron chi connectivity index (χ0n) is 16.2. The van der Waals surface area contributed by atoms with Crippen molar-refractivity contribution in [3.8, 4) is 5.75 Å². The van der Waals surface area contributed by atoms with Crippen LogP contribution in [-0.4, -0.2) is 37.4 Å². The number of amides is 2. The number of benzene rings is 2. The molecule has 11 heteroatoms. The van der Waals surface area contributed by atoms with Crippen molar-refractivity contribution in [2.45, 2.75) is 22.7 Å². The molecule has 0 saturated heterocycles. The van der Waals surface area contributed by atoms with Crippen LogP contribution in [0.3, 0.4) is 0 Å². The highest BCUT2D eigenvalue weighted by Crippen LogP contribution is 2.39. The Morgan fingerprint density at radius 3 is 2.71 bits per heavy atom. The molecule has 0 radical (unpaired) electrons. The zero-order valence-corrected chi connectivity index (χ0v) is 17.8. The third-order valence-corrected chi connectivity index (χ3v) is 5.77. The zero-order chi connectivity index (χ0) is 22.6. The van der Waals surface area contributed by atoms with Crippen LogP contribution in [0.25, 0.3) is 0 Å². The van der Waals surface area contributed by atoms with Crippen molar-refractivity contribution in [2.24, 2.45) is 0 Å². The van der Waals surface area contributed by atoms with Gasteiger partial charge in [0.1, 0.15) is 12.4 Å². The molecule has 0 bridgehead atoms. The lowest BCUT2D eigenvalue weighted by Crippen LogP contribution is -2.32. The first-order valence-corrected chi connectivity index (χ1v) is 10.3. The number of rotatable bonds is 7. The van der Waals surface area contributed by atoms with Crippen molar-refractivity contribution < 1.29 is 32.2 Å². The van der Waals surface area contributed by atoms with Crippen molar-refractivity contribution in [3.63, 3.8) is 0 Å². The van der Waals surface area contributed by atoms with E-state index in [1.54, 1.807) is 18.2 Å². The smallest absolute Gasteiger partial charge is 0.416 e. The number of thioether (sulfide) groups is 1. The van der Waals surface area contributed by atoms with Crippen molar-refractivity contribution in [1.29, 1.82) is 0 Å². The van der Waals surface area contributed by atoms with E-state index >= 15 is 0 Å². The molecule has 1 aliphatic heterocycles. The normalized spacial score (nSPS) is 15.8. The number of ether oxygens (including phenoxy) is 2. The van der Waals surface area contributed by atoms with E-state index in [1.807, 2.05) is 0 Å². The Bertz CT molecular complexity index is 987. The molecule has 31 heavy (non-hydrogen) atoms. The lowest BCUT2D eigenvalue weighted by atomic mass is 10.1. The molecule has 0 aromatic heterocycles. The van der Waals surface area contributed by atoms with Gasteiger partial charge in [-0.1, -0.05) is 11.6 Å². The van der Waals surface area contributed by atoms with Gasteiger partial charge in [-0.3, -0.25) is 9.59 Å². The molecule has 0 spiro atoms. The molecular weight excluding hydrogens is 457 g/mol. The molecule has 0 fully saturated rings. The Kier molecular flexibility index (Phi) is 7.34. The maximum atomic E-state index is 13.1. The fraction of sp³-hybridized carbons (Fsp3) is 0.300. The summed E-state index contributed by atoms with van der Waals surface area (Å²) in [6, 6.07) is 7.78. The first-order chi connectivity index (χ1) is 14.7. The van der Waals surface area contributed by atoms with E-state index in [0.717, 1.165) is 23.1 Å². The number of fused-ring (bicyclic) bond motifs is 1. The van der Waals surface area contributed by atoms with Crippen LogP contribution in [0.1, 0.15) is 12.0 Å². The number of carbonyl (C=O) groups excluding carboxylic acids is 2. The molecule has 0 aliphatic carbocycles. The highest BCUT2D eigenvalue weighted by atomic mass is 35.5. The third-order valence-electron chi connectivity index (χ3n) is 4.26. The van der Waals surface area contributed by atoms with Gasteiger partial charge in [-0.25, -0.2) is 0 Å². The number of anilines is 2. The summed E-state index contributed by atoms with van der Waals surface area (Å²) in [6.07, 6.45) is -4.83. The van der Waals surface area contributed by atoms with Gasteiger partial charge in [0.2, 0.25) is 11.8 Å². The van der Waals surface area contributed by atoms with Gasteiger partial charge in [-0.15, -0.1) is 11.8 Å². The Morgan fingerprint density at radius 1 is 1.23 bits per heavy atom. The van der Waals surface area contributed by atoms with Gasteiger partial charge in [0.25, 0.3) is 0 Å². The monoisotopic (exact) mass is 474 g/mol. The molecule has 1 atom stereocenters. The van der Waals surface area contributed by atoms with Gasteiger partial charge < -0.3 is 20.1 Å². The molecule has 166 valence electrons. The molecule has 2 aromatic carbocycles. The quantitative estimate of drug-likeness (QED) is 0.562. The average molecular weight is 475 g/mol. The molecule has 2 N–H and O–H groups in total. The van der Waals surface area contributed by atoms with E-state index in [-0.39, 0.29) is 31.1 Å². The van der Waals surface area contributed by atoms with Gasteiger partial charge in [-0.2, -0.15) is 13.2 Å². The highest BCUT2D eigenvalue weighted by molar-refractivity contribution is 8.01. The van der Waals surface area contributed by atoms with E-state index < -0.39 is 28.8 Å². The summed E-state index contributed by atoms with van der Waals surface area (Å²) in [4.78, 5) is 25.6. The predicted molar refractivity (Wildman–Crippen MR) is 112 cm³/mol. The minimum absolute atomic E-state index is 0.0686. The van der Waals surface area contributed by atoms with E-state index in [9.17, 15) is 22.8 Å². The number of hydrogen-bond acceptors (Lipinski definition) is 5. The van der Waals surface area contributed by atoms with Crippen LogP contribution in [0.5, 0.6) is 5.75 Å². The Labute approximate surface area is 185 Å². The number of alkyl halides is 3. The summed E-state index contributed by atoms with van der Waals surface area (Å²) in [5.41, 5.74) is -0.521. The second kappa shape index (κ2) is 9.80. The van der Waals surface area contributed by atoms with Gasteiger partial charge in [0, 0.05) is 23.4 Å². The lowest BCUT2D eigenvalue weighted by Gasteiger charge is -2.24. The molecule has 0 saturated carbocycles. The molecule has 2 aromatic rings. The maximum Gasteiger partial charge on any atom is 0.416 e. The molecule has 1 aliphatic rings. The Morgan fingerprint density at radius 2 is 2.00 bits per heavy atom. The van der Waals surface area contributed by atoms with Crippen molar-refractivity contribution in [1.82, 2.24) is 0 Å². The summed E-state index contributed by atoms with van der Waals surface area (Å²) in [5.74, 6) is -0.948. The highest BCUT2D eigenvalue weighted by Gasteiger charge is 2.32. The van der Waals surface area contributed by atoms with Gasteiger partial charge >= 0.3 is 6.18 Å². The minimum Gasteiger partial charge on any atom is -0.489 e. The third kappa shape index (κ3) is 6.05. The van der Waals surface area contributed by atoms with E-state index in [4.69, 9.17) is 21.1 Å². The molecule has 2 amide bonds. The predicted octanol–water partition coefficient (Wildman–Crippen LogP) is 4.83. The second-order valence-corrected chi connectivity index (χ2v) is 8.22. The van der Waals surface area contributed by atoms with Crippen LogP contribution in [0.2, 0.25) is 5.02 Å². The Balaban J connectivity index is 1.74. The number of carbonyl (C=O) groups is 2. The summed E-state index contributed by atoms with van der Waals surface area (Å²) in [7, 11) is 1.46. The van der Waals surface area contributed by atoms with Crippen LogP contribution in [0.4, 0.5) is 24.5 Å². The van der Waals surface area contributed by atoms with Crippen LogP contribution in [-0.2, 0) is 20.5 Å². The number of nitrogens with one attached hydrogen (secondary N) is 2. The minimum atomic E-state index is -4.59. The first kappa shape index (κ1) is 23.2. The SMILES string of the molecule is COCCOc1ccc(C(F)(F)F)cc1NC(=O)CC1Sc2ccc(Cl)cc2NC1=O. The molecule has 6 nitrogen and oxygen atoms in total. The van der Waals surface area contributed by atoms with Crippen LogP contribution < -0.4 is 15.4 Å². The summed E-state index contributed by atoms with van der Waals surface area (Å²) in [5, 5.41) is 4.82. The molecule has 1 heterocycles. The van der Waals surface area contributed by atoms with Crippen molar-refractivity contribution in [3.05, 3.63) is 47.0 Å². The summed E-state index contributed by atoms with van der Waals surface area (Å²) < 4.78 is 49.6. The van der Waals surface area contributed by atoms with E-state index in [0.29, 0.717) is 10.7 Å². The topological polar surface area (TPSA) is 76.7 Å². The molecular formula is C20H18ClF3N2O4S. The van der Waals surface area contributed by atoms with E-state index in [1.165, 1.54) is 18.9 Å². The molecule has 1 unspecified atom stereocenters. The second-order valence-electron chi connectivity index (χ2n) is 6.54. The maximum absolute atomic E-state index is 13.1. The fourth-order valence-corrected chi connectivity index (χ4v) is 4.05. The van der Waals surface area contributed by atoms with E-state index in [2.05, 4.69) is 10.6 Å². The fourth-order valence-electron chi connectivity index (χ4n) is 2.79. The number of methoxy groups -OCH3 is 1. The average Bonchev–Trinajstić information content (AvgIpc) is 2.69. The standard InChI is InChI=1S/C20H18ClF3N2O4S/c1-29-6-7-30-15-4-2-11(20(22,23)24)8-13(15)25-18(27)10-17-19(28)26-14-9-12(21)3-5-16(14)31-17/h2-5,8-9,17H,6-7,10H2,1H3,(H,25,27)(H,26,28). The first-order valence-electron chi connectivity index (χ1n) is 9.07. The number of hydrogen-bond donors (Lipinski definition) is 2. The molecule has 3 rings (SSSR count). The van der Waals surface area contributed by atoms with Crippen molar-refractivity contribution in [2.75, 3.05) is 31.0 Å². The largest absolute Gasteiger partial charge is 0.489 e.